The van der Waals surface area contributed by atoms with Crippen molar-refractivity contribution in [2.45, 2.75) is 12.8 Å². The lowest BCUT2D eigenvalue weighted by Gasteiger charge is -2.05. The monoisotopic (exact) mass is 307 g/mol. The number of aromatic amines is 1. The van der Waals surface area contributed by atoms with Gasteiger partial charge < -0.3 is 15.6 Å². The molecule has 2 amide bonds. The van der Waals surface area contributed by atoms with E-state index in [0.29, 0.717) is 31.8 Å². The molecule has 0 saturated carbocycles. The largest absolute Gasteiger partial charge is 0.361 e. The Morgan fingerprint density at radius 1 is 1.10 bits per heavy atom. The fraction of sp³-hybridized carbons (Fsp3) is 0.333. The SMILES string of the molecule is O=C(NCCCCl)C(=O)NCCc1c[nH]c2ccccc12. The first kappa shape index (κ1) is 15.4. The molecule has 112 valence electrons. The molecule has 0 aliphatic rings. The van der Waals surface area contributed by atoms with Crippen molar-refractivity contribution in [1.29, 1.82) is 0 Å². The van der Waals surface area contributed by atoms with E-state index >= 15 is 0 Å². The van der Waals surface area contributed by atoms with Gasteiger partial charge in [0.1, 0.15) is 0 Å². The molecule has 5 nitrogen and oxygen atoms in total. The molecule has 0 saturated heterocycles. The number of amides is 2. The van der Waals surface area contributed by atoms with Gasteiger partial charge in [0.05, 0.1) is 0 Å². The first-order valence-electron chi connectivity index (χ1n) is 6.89. The molecule has 0 bridgehead atoms. The second kappa shape index (κ2) is 7.69. The van der Waals surface area contributed by atoms with Gasteiger partial charge in [0, 0.05) is 36.1 Å². The predicted molar refractivity (Wildman–Crippen MR) is 83.4 cm³/mol. The summed E-state index contributed by atoms with van der Waals surface area (Å²) in [6, 6.07) is 7.97. The van der Waals surface area contributed by atoms with E-state index in [9.17, 15) is 9.59 Å². The van der Waals surface area contributed by atoms with Crippen molar-refractivity contribution in [2.75, 3.05) is 19.0 Å². The Balaban J connectivity index is 1.79. The van der Waals surface area contributed by atoms with E-state index in [4.69, 9.17) is 11.6 Å². The second-order valence-corrected chi connectivity index (χ2v) is 5.04. The number of carbonyl (C=O) groups is 2. The molecule has 2 rings (SSSR count). The van der Waals surface area contributed by atoms with Crippen LogP contribution in [0.2, 0.25) is 0 Å². The number of benzene rings is 1. The number of H-pyrrole nitrogens is 1. The molecule has 0 spiro atoms. The number of carbonyl (C=O) groups excluding carboxylic acids is 2. The number of para-hydroxylation sites is 1. The van der Waals surface area contributed by atoms with Gasteiger partial charge in [-0.3, -0.25) is 9.59 Å². The molecule has 1 heterocycles. The van der Waals surface area contributed by atoms with Gasteiger partial charge in [-0.05, 0) is 24.5 Å². The first-order valence-corrected chi connectivity index (χ1v) is 7.43. The summed E-state index contributed by atoms with van der Waals surface area (Å²) in [5.74, 6) is -0.758. The molecule has 3 N–H and O–H groups in total. The van der Waals surface area contributed by atoms with E-state index in [1.54, 1.807) is 0 Å². The van der Waals surface area contributed by atoms with E-state index in [0.717, 1.165) is 16.5 Å². The summed E-state index contributed by atoms with van der Waals surface area (Å²) in [5.41, 5.74) is 2.19. The van der Waals surface area contributed by atoms with E-state index < -0.39 is 11.8 Å². The van der Waals surface area contributed by atoms with Crippen LogP contribution in [-0.2, 0) is 16.0 Å². The molecule has 2 aromatic rings. The summed E-state index contributed by atoms with van der Waals surface area (Å²) in [6.07, 6.45) is 3.25. The van der Waals surface area contributed by atoms with E-state index in [-0.39, 0.29) is 0 Å². The zero-order valence-corrected chi connectivity index (χ0v) is 12.4. The molecule has 0 aliphatic heterocycles. The third-order valence-electron chi connectivity index (χ3n) is 3.16. The maximum atomic E-state index is 11.6. The molecule has 0 aliphatic carbocycles. The summed E-state index contributed by atoms with van der Waals surface area (Å²) in [6.45, 7) is 0.835. The van der Waals surface area contributed by atoms with Gasteiger partial charge in [-0.2, -0.15) is 0 Å². The van der Waals surface area contributed by atoms with Crippen LogP contribution in [0.5, 0.6) is 0 Å². The number of aromatic nitrogens is 1. The average molecular weight is 308 g/mol. The van der Waals surface area contributed by atoms with E-state index in [1.165, 1.54) is 0 Å². The maximum Gasteiger partial charge on any atom is 0.309 e. The molecular formula is C15H18ClN3O2. The van der Waals surface area contributed by atoms with Crippen LogP contribution in [0.15, 0.2) is 30.5 Å². The molecule has 21 heavy (non-hydrogen) atoms. The molecular weight excluding hydrogens is 290 g/mol. The standard InChI is InChI=1S/C15H18ClN3O2/c16-7-3-8-17-14(20)15(21)18-9-6-11-10-19-13-5-2-1-4-12(11)13/h1-2,4-5,10,19H,3,6-9H2,(H,17,20)(H,18,21). The molecule has 0 fully saturated rings. The zero-order chi connectivity index (χ0) is 15.1. The van der Waals surface area contributed by atoms with Gasteiger partial charge in [-0.1, -0.05) is 18.2 Å². The van der Waals surface area contributed by atoms with Gasteiger partial charge in [0.2, 0.25) is 0 Å². The average Bonchev–Trinajstić information content (AvgIpc) is 2.91. The van der Waals surface area contributed by atoms with Crippen molar-refractivity contribution in [2.24, 2.45) is 0 Å². The highest BCUT2D eigenvalue weighted by Gasteiger charge is 2.12. The Bertz CT molecular complexity index is 624. The van der Waals surface area contributed by atoms with Crippen molar-refractivity contribution in [3.8, 4) is 0 Å². The number of hydrogen-bond acceptors (Lipinski definition) is 2. The van der Waals surface area contributed by atoms with Crippen molar-refractivity contribution in [3.63, 3.8) is 0 Å². The predicted octanol–water partition coefficient (Wildman–Crippen LogP) is 1.57. The van der Waals surface area contributed by atoms with Crippen LogP contribution in [0.3, 0.4) is 0 Å². The number of fused-ring (bicyclic) bond motifs is 1. The van der Waals surface area contributed by atoms with Crippen molar-refractivity contribution < 1.29 is 9.59 Å². The smallest absolute Gasteiger partial charge is 0.309 e. The minimum atomic E-state index is -0.612. The lowest BCUT2D eigenvalue weighted by Crippen LogP contribution is -2.41. The Labute approximate surface area is 128 Å². The van der Waals surface area contributed by atoms with Gasteiger partial charge in [0.15, 0.2) is 0 Å². The quantitative estimate of drug-likeness (QED) is 0.430. The van der Waals surface area contributed by atoms with Crippen LogP contribution < -0.4 is 10.6 Å². The van der Waals surface area contributed by atoms with E-state index in [1.807, 2.05) is 30.5 Å². The van der Waals surface area contributed by atoms with Crippen LogP contribution in [0.25, 0.3) is 10.9 Å². The summed E-state index contributed by atoms with van der Waals surface area (Å²) < 4.78 is 0. The molecule has 1 aromatic heterocycles. The minimum absolute atomic E-state index is 0.415. The number of alkyl halides is 1. The maximum absolute atomic E-state index is 11.6. The van der Waals surface area contributed by atoms with Crippen molar-refractivity contribution in [1.82, 2.24) is 15.6 Å². The molecule has 1 aromatic carbocycles. The number of hydrogen-bond donors (Lipinski definition) is 3. The molecule has 6 heteroatoms. The highest BCUT2D eigenvalue weighted by Crippen LogP contribution is 2.17. The van der Waals surface area contributed by atoms with Crippen LogP contribution in [0.4, 0.5) is 0 Å². The molecule has 0 unspecified atom stereocenters. The lowest BCUT2D eigenvalue weighted by molar-refractivity contribution is -0.139. The third-order valence-corrected chi connectivity index (χ3v) is 3.42. The van der Waals surface area contributed by atoms with Gasteiger partial charge in [0.25, 0.3) is 0 Å². The van der Waals surface area contributed by atoms with Crippen molar-refractivity contribution in [3.05, 3.63) is 36.0 Å². The fourth-order valence-corrected chi connectivity index (χ4v) is 2.21. The fourth-order valence-electron chi connectivity index (χ4n) is 2.08. The summed E-state index contributed by atoms with van der Waals surface area (Å²) >= 11 is 5.50. The Morgan fingerprint density at radius 2 is 1.81 bits per heavy atom. The highest BCUT2D eigenvalue weighted by atomic mass is 35.5. The summed E-state index contributed by atoms with van der Waals surface area (Å²) in [7, 11) is 0. The normalized spacial score (nSPS) is 10.5. The van der Waals surface area contributed by atoms with E-state index in [2.05, 4.69) is 15.6 Å². The van der Waals surface area contributed by atoms with Crippen LogP contribution in [0.1, 0.15) is 12.0 Å². The van der Waals surface area contributed by atoms with Crippen LogP contribution >= 0.6 is 11.6 Å². The van der Waals surface area contributed by atoms with Gasteiger partial charge >= 0.3 is 11.8 Å². The topological polar surface area (TPSA) is 74.0 Å². The van der Waals surface area contributed by atoms with Crippen LogP contribution in [-0.4, -0.2) is 35.8 Å². The third kappa shape index (κ3) is 4.23. The Morgan fingerprint density at radius 3 is 2.57 bits per heavy atom. The van der Waals surface area contributed by atoms with Crippen LogP contribution in [0, 0.1) is 0 Å². The molecule has 0 atom stereocenters. The number of nitrogens with one attached hydrogen (secondary N) is 3. The molecule has 0 radical (unpaired) electrons. The minimum Gasteiger partial charge on any atom is -0.361 e. The first-order chi connectivity index (χ1) is 10.2. The summed E-state index contributed by atoms with van der Waals surface area (Å²) in [5, 5.41) is 6.27. The Kier molecular flexibility index (Phi) is 5.63. The second-order valence-electron chi connectivity index (χ2n) is 4.66. The number of halogens is 1. The summed E-state index contributed by atoms with van der Waals surface area (Å²) in [4.78, 5) is 26.2. The lowest BCUT2D eigenvalue weighted by atomic mass is 10.1. The highest BCUT2D eigenvalue weighted by molar-refractivity contribution is 6.35. The number of rotatable bonds is 6. The zero-order valence-electron chi connectivity index (χ0n) is 11.6. The van der Waals surface area contributed by atoms with Gasteiger partial charge in [-0.15, -0.1) is 11.6 Å². The Hall–Kier alpha value is -2.01. The van der Waals surface area contributed by atoms with Gasteiger partial charge in [-0.25, -0.2) is 0 Å². The van der Waals surface area contributed by atoms with Crippen molar-refractivity contribution >= 4 is 34.3 Å².